The van der Waals surface area contributed by atoms with Gasteiger partial charge in [-0.1, -0.05) is 206 Å². The van der Waals surface area contributed by atoms with Gasteiger partial charge < -0.3 is 24.6 Å². The molecule has 0 saturated carbocycles. The number of phosphoric acid groups is 1. The first-order chi connectivity index (χ1) is 27.8. The highest BCUT2D eigenvalue weighted by Crippen LogP contribution is 2.43. The van der Waals surface area contributed by atoms with E-state index in [0.29, 0.717) is 6.61 Å². The minimum atomic E-state index is -4.52. The summed E-state index contributed by atoms with van der Waals surface area (Å²) in [5.41, 5.74) is 0. The van der Waals surface area contributed by atoms with Crippen molar-refractivity contribution in [3.05, 3.63) is 12.2 Å². The summed E-state index contributed by atoms with van der Waals surface area (Å²) in [4.78, 5) is 22.6. The highest BCUT2D eigenvalue weighted by atomic mass is 31.2. The molecule has 57 heavy (non-hydrogen) atoms. The summed E-state index contributed by atoms with van der Waals surface area (Å²) in [6.45, 7) is 3.54. The molecule has 0 aromatic rings. The van der Waals surface area contributed by atoms with Crippen molar-refractivity contribution in [1.82, 2.24) is 0 Å². The Bertz CT molecular complexity index is 902. The van der Waals surface area contributed by atoms with Crippen molar-refractivity contribution >= 4 is 13.8 Å². The fourth-order valence-corrected chi connectivity index (χ4v) is 7.79. The maximum Gasteiger partial charge on any atom is 0.472 e. The van der Waals surface area contributed by atoms with Gasteiger partial charge in [-0.25, -0.2) is 4.57 Å². The molecule has 0 bridgehead atoms. The SMILES string of the molecule is CCCCCC/C=C\CCCCCCCC(=O)OC(COCCCCCCCCCCCCCCCCCCCCCCCCC)COP(=O)(O)OCC(O)CO. The molecule has 0 heterocycles. The van der Waals surface area contributed by atoms with Crippen LogP contribution in [0.3, 0.4) is 0 Å². The van der Waals surface area contributed by atoms with Crippen molar-refractivity contribution < 1.29 is 43.0 Å². The van der Waals surface area contributed by atoms with Gasteiger partial charge in [-0.3, -0.25) is 13.8 Å². The summed E-state index contributed by atoms with van der Waals surface area (Å²) in [5.74, 6) is -0.387. The standard InChI is InChI=1S/C47H93O9P/c1-3-5-7-9-11-13-15-17-18-19-20-21-22-23-24-25-26-28-30-32-34-36-38-40-53-43-46(44-55-57(51,52)54-42-45(49)41-48)56-47(50)39-37-35-33-31-29-27-16-14-12-10-8-6-4-2/h14,16,45-46,48-49H,3-13,15,17-44H2,1-2H3,(H,51,52)/b16-14-. The van der Waals surface area contributed by atoms with Crippen LogP contribution < -0.4 is 0 Å². The summed E-state index contributed by atoms with van der Waals surface area (Å²) in [7, 11) is -4.52. The third-order valence-electron chi connectivity index (χ3n) is 10.7. The Balaban J connectivity index is 4.00. The lowest BCUT2D eigenvalue weighted by Crippen LogP contribution is -2.29. The van der Waals surface area contributed by atoms with E-state index in [1.807, 2.05) is 0 Å². The normalized spacial score (nSPS) is 14.0. The number of ether oxygens (including phenoxy) is 2. The van der Waals surface area contributed by atoms with E-state index in [1.54, 1.807) is 0 Å². The van der Waals surface area contributed by atoms with Crippen LogP contribution in [0, 0.1) is 0 Å². The fraction of sp³-hybridized carbons (Fsp3) is 0.936. The number of allylic oxidation sites excluding steroid dienone is 2. The Labute approximate surface area is 351 Å². The molecule has 0 saturated heterocycles. The molecule has 0 aliphatic rings. The van der Waals surface area contributed by atoms with Gasteiger partial charge in [0.15, 0.2) is 0 Å². The Kier molecular flexibility index (Phi) is 44.1. The van der Waals surface area contributed by atoms with E-state index in [-0.39, 0.29) is 25.6 Å². The summed E-state index contributed by atoms with van der Waals surface area (Å²) in [6, 6.07) is 0. The molecule has 0 aliphatic carbocycles. The third-order valence-corrected chi connectivity index (χ3v) is 11.7. The Morgan fingerprint density at radius 2 is 0.895 bits per heavy atom. The number of rotatable bonds is 47. The van der Waals surface area contributed by atoms with Crippen molar-refractivity contribution in [2.45, 2.75) is 251 Å². The Morgan fingerprint density at radius 3 is 1.33 bits per heavy atom. The highest BCUT2D eigenvalue weighted by molar-refractivity contribution is 7.47. The number of aliphatic hydroxyl groups excluding tert-OH is 2. The predicted octanol–water partition coefficient (Wildman–Crippen LogP) is 13.7. The van der Waals surface area contributed by atoms with Crippen LogP contribution in [0.5, 0.6) is 0 Å². The number of esters is 1. The number of hydrogen-bond acceptors (Lipinski definition) is 8. The van der Waals surface area contributed by atoms with Crippen LogP contribution in [0.4, 0.5) is 0 Å². The predicted molar refractivity (Wildman–Crippen MR) is 238 cm³/mol. The van der Waals surface area contributed by atoms with Gasteiger partial charge in [-0.15, -0.1) is 0 Å². The first kappa shape index (κ1) is 56.2. The number of aliphatic hydroxyl groups is 2. The lowest BCUT2D eigenvalue weighted by molar-refractivity contribution is -0.154. The van der Waals surface area contributed by atoms with Crippen LogP contribution in [-0.2, 0) is 27.9 Å². The number of unbranched alkanes of at least 4 members (excludes halogenated alkanes) is 31. The molecule has 0 aromatic carbocycles. The average molecular weight is 833 g/mol. The summed E-state index contributed by atoms with van der Waals surface area (Å²) < 4.78 is 33.4. The van der Waals surface area contributed by atoms with E-state index in [0.717, 1.165) is 51.4 Å². The first-order valence-electron chi connectivity index (χ1n) is 24.2. The van der Waals surface area contributed by atoms with Crippen LogP contribution in [0.15, 0.2) is 12.2 Å². The van der Waals surface area contributed by atoms with Gasteiger partial charge in [-0.2, -0.15) is 0 Å². The van der Waals surface area contributed by atoms with Gasteiger partial charge in [0, 0.05) is 13.0 Å². The van der Waals surface area contributed by atoms with E-state index in [2.05, 4.69) is 26.0 Å². The summed E-state index contributed by atoms with van der Waals surface area (Å²) >= 11 is 0. The van der Waals surface area contributed by atoms with Gasteiger partial charge >= 0.3 is 13.8 Å². The Hall–Kier alpha value is -0.800. The highest BCUT2D eigenvalue weighted by Gasteiger charge is 2.26. The number of carbonyl (C=O) groups is 1. The van der Waals surface area contributed by atoms with Crippen LogP contribution in [0.2, 0.25) is 0 Å². The van der Waals surface area contributed by atoms with Gasteiger partial charge in [0.1, 0.15) is 12.2 Å². The smallest absolute Gasteiger partial charge is 0.457 e. The van der Waals surface area contributed by atoms with Gasteiger partial charge in [-0.05, 0) is 38.5 Å². The zero-order chi connectivity index (χ0) is 41.8. The minimum Gasteiger partial charge on any atom is -0.457 e. The second kappa shape index (κ2) is 44.7. The quantitative estimate of drug-likeness (QED) is 0.0237. The average Bonchev–Trinajstić information content (AvgIpc) is 3.20. The van der Waals surface area contributed by atoms with Gasteiger partial charge in [0.2, 0.25) is 0 Å². The van der Waals surface area contributed by atoms with E-state index >= 15 is 0 Å². The lowest BCUT2D eigenvalue weighted by Gasteiger charge is -2.20. The molecule has 0 spiro atoms. The van der Waals surface area contributed by atoms with Gasteiger partial charge in [0.25, 0.3) is 0 Å². The molecule has 0 aliphatic heterocycles. The largest absolute Gasteiger partial charge is 0.472 e. The second-order valence-corrected chi connectivity index (χ2v) is 17.9. The maximum absolute atomic E-state index is 12.6. The molecule has 340 valence electrons. The molecule has 0 rings (SSSR count). The fourth-order valence-electron chi connectivity index (χ4n) is 7.00. The zero-order valence-electron chi connectivity index (χ0n) is 37.3. The number of phosphoric ester groups is 1. The van der Waals surface area contributed by atoms with E-state index < -0.39 is 33.2 Å². The van der Waals surface area contributed by atoms with Crippen molar-refractivity contribution in [3.63, 3.8) is 0 Å². The van der Waals surface area contributed by atoms with Crippen LogP contribution in [-0.4, -0.2) is 66.3 Å². The van der Waals surface area contributed by atoms with Crippen LogP contribution >= 0.6 is 7.82 Å². The molecule has 0 aromatic heterocycles. The third kappa shape index (κ3) is 44.6. The van der Waals surface area contributed by atoms with Gasteiger partial charge in [0.05, 0.1) is 26.4 Å². The van der Waals surface area contributed by atoms with Crippen LogP contribution in [0.1, 0.15) is 239 Å². The van der Waals surface area contributed by atoms with Crippen molar-refractivity contribution in [1.29, 1.82) is 0 Å². The second-order valence-electron chi connectivity index (χ2n) is 16.5. The van der Waals surface area contributed by atoms with Crippen molar-refractivity contribution in [2.75, 3.05) is 33.0 Å². The maximum atomic E-state index is 12.6. The summed E-state index contributed by atoms with van der Waals surface area (Å²) in [6.07, 6.45) is 46.1. The first-order valence-corrected chi connectivity index (χ1v) is 25.7. The number of hydrogen-bond donors (Lipinski definition) is 3. The molecular formula is C47H93O9P. The monoisotopic (exact) mass is 833 g/mol. The van der Waals surface area contributed by atoms with Crippen LogP contribution in [0.25, 0.3) is 0 Å². The molecule has 0 fully saturated rings. The molecule has 0 amide bonds. The Morgan fingerprint density at radius 1 is 0.526 bits per heavy atom. The van der Waals surface area contributed by atoms with E-state index in [4.69, 9.17) is 23.6 Å². The van der Waals surface area contributed by atoms with Crippen molar-refractivity contribution in [3.8, 4) is 0 Å². The molecule has 0 radical (unpaired) electrons. The number of carbonyl (C=O) groups excluding carboxylic acids is 1. The van der Waals surface area contributed by atoms with E-state index in [1.165, 1.54) is 167 Å². The zero-order valence-corrected chi connectivity index (χ0v) is 38.2. The van der Waals surface area contributed by atoms with Crippen molar-refractivity contribution in [2.24, 2.45) is 0 Å². The minimum absolute atomic E-state index is 0.0520. The van der Waals surface area contributed by atoms with E-state index in [9.17, 15) is 19.4 Å². The molecule has 9 nitrogen and oxygen atoms in total. The molecule has 10 heteroatoms. The summed E-state index contributed by atoms with van der Waals surface area (Å²) in [5, 5.41) is 18.4. The molecular weight excluding hydrogens is 739 g/mol. The topological polar surface area (TPSA) is 132 Å². The molecule has 3 atom stereocenters. The molecule has 3 N–H and O–H groups in total. The lowest BCUT2D eigenvalue weighted by atomic mass is 10.0. The molecule has 3 unspecified atom stereocenters.